The van der Waals surface area contributed by atoms with Crippen LogP contribution in [0.2, 0.25) is 0 Å². The van der Waals surface area contributed by atoms with Crippen molar-refractivity contribution in [3.05, 3.63) is 24.3 Å². The minimum absolute atomic E-state index is 0.0509. The Hall–Kier alpha value is -1.05. The van der Waals surface area contributed by atoms with Gasteiger partial charge in [-0.2, -0.15) is 0 Å². The van der Waals surface area contributed by atoms with E-state index in [-0.39, 0.29) is 17.5 Å². The van der Waals surface area contributed by atoms with Crippen molar-refractivity contribution in [3.63, 3.8) is 0 Å². The smallest absolute Gasteiger partial charge is 0.303 e. The maximum absolute atomic E-state index is 11.1. The van der Waals surface area contributed by atoms with E-state index in [0.717, 1.165) is 19.3 Å². The summed E-state index contributed by atoms with van der Waals surface area (Å²) in [7, 11) is 0. The SMILES string of the molecule is C=CCCC(OC(C)=O)C1=CC(C)(C)CCC1. The fourth-order valence-electron chi connectivity index (χ4n) is 2.44. The summed E-state index contributed by atoms with van der Waals surface area (Å²) in [4.78, 5) is 11.1. The number of ether oxygens (including phenoxy) is 1. The summed E-state index contributed by atoms with van der Waals surface area (Å²) in [6, 6.07) is 0. The highest BCUT2D eigenvalue weighted by Crippen LogP contribution is 2.35. The van der Waals surface area contributed by atoms with E-state index in [2.05, 4.69) is 26.5 Å². The number of carbonyl (C=O) groups is 1. The van der Waals surface area contributed by atoms with Crippen molar-refractivity contribution in [1.29, 1.82) is 0 Å². The largest absolute Gasteiger partial charge is 0.458 e. The lowest BCUT2D eigenvalue weighted by atomic mass is 9.78. The van der Waals surface area contributed by atoms with Crippen molar-refractivity contribution in [2.75, 3.05) is 0 Å². The fraction of sp³-hybridized carbons (Fsp3) is 0.667. The second kappa shape index (κ2) is 6.04. The van der Waals surface area contributed by atoms with Crippen molar-refractivity contribution in [1.82, 2.24) is 0 Å². The second-order valence-electron chi connectivity index (χ2n) is 5.53. The predicted molar refractivity (Wildman–Crippen MR) is 70.7 cm³/mol. The zero-order valence-corrected chi connectivity index (χ0v) is 11.3. The third-order valence-electron chi connectivity index (χ3n) is 3.22. The Morgan fingerprint density at radius 3 is 2.88 bits per heavy atom. The maximum atomic E-state index is 11.1. The second-order valence-corrected chi connectivity index (χ2v) is 5.53. The molecule has 0 aromatic carbocycles. The van der Waals surface area contributed by atoms with Crippen molar-refractivity contribution in [2.24, 2.45) is 5.41 Å². The fourth-order valence-corrected chi connectivity index (χ4v) is 2.44. The molecule has 0 saturated heterocycles. The van der Waals surface area contributed by atoms with E-state index in [1.807, 2.05) is 6.08 Å². The Labute approximate surface area is 105 Å². The van der Waals surface area contributed by atoms with E-state index in [1.165, 1.54) is 25.3 Å². The molecule has 0 bridgehead atoms. The summed E-state index contributed by atoms with van der Waals surface area (Å²) in [5.41, 5.74) is 1.53. The summed E-state index contributed by atoms with van der Waals surface area (Å²) >= 11 is 0. The molecule has 0 N–H and O–H groups in total. The Balaban J connectivity index is 2.77. The molecule has 0 aliphatic heterocycles. The van der Waals surface area contributed by atoms with Gasteiger partial charge >= 0.3 is 5.97 Å². The summed E-state index contributed by atoms with van der Waals surface area (Å²) in [5, 5.41) is 0. The van der Waals surface area contributed by atoms with Crippen LogP contribution in [0.4, 0.5) is 0 Å². The monoisotopic (exact) mass is 236 g/mol. The van der Waals surface area contributed by atoms with E-state index in [0.29, 0.717) is 0 Å². The van der Waals surface area contributed by atoms with Gasteiger partial charge in [-0.25, -0.2) is 0 Å². The molecule has 0 aromatic heterocycles. The molecule has 1 unspecified atom stereocenters. The summed E-state index contributed by atoms with van der Waals surface area (Å²) < 4.78 is 5.43. The van der Waals surface area contributed by atoms with Gasteiger partial charge in [0.2, 0.25) is 0 Å². The van der Waals surface area contributed by atoms with Crippen LogP contribution in [0.5, 0.6) is 0 Å². The first kappa shape index (κ1) is 14.0. The van der Waals surface area contributed by atoms with E-state index in [4.69, 9.17) is 4.74 Å². The molecule has 2 nitrogen and oxygen atoms in total. The highest BCUT2D eigenvalue weighted by Gasteiger charge is 2.25. The van der Waals surface area contributed by atoms with Crippen LogP contribution < -0.4 is 0 Å². The number of hydrogen-bond acceptors (Lipinski definition) is 2. The Morgan fingerprint density at radius 1 is 1.65 bits per heavy atom. The molecule has 0 aromatic rings. The van der Waals surface area contributed by atoms with Crippen LogP contribution in [0.25, 0.3) is 0 Å². The molecule has 1 rings (SSSR count). The number of esters is 1. The van der Waals surface area contributed by atoms with Crippen molar-refractivity contribution < 1.29 is 9.53 Å². The minimum Gasteiger partial charge on any atom is -0.458 e. The van der Waals surface area contributed by atoms with E-state index in [9.17, 15) is 4.79 Å². The first-order chi connectivity index (χ1) is 7.94. The van der Waals surface area contributed by atoms with Gasteiger partial charge in [0.05, 0.1) is 0 Å². The van der Waals surface area contributed by atoms with Crippen molar-refractivity contribution >= 4 is 5.97 Å². The predicted octanol–water partition coefficient (Wildman–Crippen LogP) is 4.02. The van der Waals surface area contributed by atoms with Gasteiger partial charge in [0.15, 0.2) is 0 Å². The van der Waals surface area contributed by atoms with Crippen LogP contribution in [0.15, 0.2) is 24.3 Å². The molecule has 0 amide bonds. The summed E-state index contributed by atoms with van der Waals surface area (Å²) in [6.45, 7) is 9.69. The molecule has 0 radical (unpaired) electrons. The van der Waals surface area contributed by atoms with E-state index < -0.39 is 0 Å². The summed E-state index contributed by atoms with van der Waals surface area (Å²) in [6.07, 6.45) is 9.32. The van der Waals surface area contributed by atoms with Crippen LogP contribution in [0.1, 0.15) is 52.9 Å². The van der Waals surface area contributed by atoms with E-state index in [1.54, 1.807) is 0 Å². The molecule has 1 aliphatic rings. The van der Waals surface area contributed by atoms with Gasteiger partial charge in [-0.1, -0.05) is 26.0 Å². The minimum atomic E-state index is -0.191. The molecular weight excluding hydrogens is 212 g/mol. The average molecular weight is 236 g/mol. The lowest BCUT2D eigenvalue weighted by molar-refractivity contribution is -0.145. The van der Waals surface area contributed by atoms with Gasteiger partial charge < -0.3 is 4.74 Å². The van der Waals surface area contributed by atoms with Gasteiger partial charge in [-0.15, -0.1) is 6.58 Å². The molecule has 0 heterocycles. The van der Waals surface area contributed by atoms with Gasteiger partial charge in [0.1, 0.15) is 6.10 Å². The standard InChI is InChI=1S/C15H24O2/c1-5-6-9-14(17-12(2)16)13-8-7-10-15(3,4)11-13/h5,11,14H,1,6-10H2,2-4H3. The lowest BCUT2D eigenvalue weighted by Crippen LogP contribution is -2.24. The highest BCUT2D eigenvalue weighted by atomic mass is 16.5. The van der Waals surface area contributed by atoms with Gasteiger partial charge in [-0.05, 0) is 43.1 Å². The average Bonchev–Trinajstić information content (AvgIpc) is 2.22. The van der Waals surface area contributed by atoms with Crippen molar-refractivity contribution in [2.45, 2.75) is 59.0 Å². The topological polar surface area (TPSA) is 26.3 Å². The zero-order chi connectivity index (χ0) is 12.9. The highest BCUT2D eigenvalue weighted by molar-refractivity contribution is 5.66. The molecular formula is C15H24O2. The zero-order valence-electron chi connectivity index (χ0n) is 11.3. The van der Waals surface area contributed by atoms with Crippen LogP contribution in [-0.2, 0) is 9.53 Å². The Kier molecular flexibility index (Phi) is 4.98. The molecule has 0 fully saturated rings. The molecule has 0 saturated carbocycles. The number of hydrogen-bond donors (Lipinski definition) is 0. The Morgan fingerprint density at radius 2 is 2.35 bits per heavy atom. The summed E-state index contributed by atoms with van der Waals surface area (Å²) in [5.74, 6) is -0.191. The first-order valence-electron chi connectivity index (χ1n) is 6.44. The molecule has 96 valence electrons. The lowest BCUT2D eigenvalue weighted by Gasteiger charge is -2.31. The van der Waals surface area contributed by atoms with Crippen LogP contribution >= 0.6 is 0 Å². The third-order valence-corrected chi connectivity index (χ3v) is 3.22. The molecule has 0 spiro atoms. The van der Waals surface area contributed by atoms with Gasteiger partial charge in [0.25, 0.3) is 0 Å². The molecule has 2 heteroatoms. The quantitative estimate of drug-likeness (QED) is 0.532. The van der Waals surface area contributed by atoms with Crippen molar-refractivity contribution in [3.8, 4) is 0 Å². The number of rotatable bonds is 5. The molecule has 17 heavy (non-hydrogen) atoms. The number of carbonyl (C=O) groups excluding carboxylic acids is 1. The van der Waals surface area contributed by atoms with Crippen LogP contribution in [-0.4, -0.2) is 12.1 Å². The number of allylic oxidation sites excluding steroid dienone is 2. The first-order valence-corrected chi connectivity index (χ1v) is 6.44. The van der Waals surface area contributed by atoms with Crippen LogP contribution in [0, 0.1) is 5.41 Å². The van der Waals surface area contributed by atoms with Gasteiger partial charge in [-0.3, -0.25) is 4.79 Å². The molecule has 1 aliphatic carbocycles. The third kappa shape index (κ3) is 4.76. The van der Waals surface area contributed by atoms with E-state index >= 15 is 0 Å². The van der Waals surface area contributed by atoms with Gasteiger partial charge in [0, 0.05) is 6.92 Å². The maximum Gasteiger partial charge on any atom is 0.303 e. The Bertz CT molecular complexity index is 313. The molecule has 1 atom stereocenters. The van der Waals surface area contributed by atoms with Crippen LogP contribution in [0.3, 0.4) is 0 Å². The normalized spacial score (nSPS) is 20.3.